The minimum Gasteiger partial charge on any atom is -0.338 e. The lowest BCUT2D eigenvalue weighted by Gasteiger charge is -2.00. The zero-order valence-electron chi connectivity index (χ0n) is 8.58. The molecule has 2 aromatic rings. The van der Waals surface area contributed by atoms with E-state index in [9.17, 15) is 4.79 Å². The lowest BCUT2D eigenvalue weighted by Crippen LogP contribution is -2.28. The summed E-state index contributed by atoms with van der Waals surface area (Å²) in [6.45, 7) is 2.44. The third-order valence-corrected chi connectivity index (χ3v) is 3.17. The molecule has 0 aliphatic heterocycles. The lowest BCUT2D eigenvalue weighted by molar-refractivity contribution is 0.252. The van der Waals surface area contributed by atoms with E-state index in [0.717, 1.165) is 10.2 Å². The van der Waals surface area contributed by atoms with E-state index in [4.69, 9.17) is 11.6 Å². The minimum absolute atomic E-state index is 0.252. The first-order valence-corrected chi connectivity index (χ1v) is 6.00. The molecule has 0 saturated carbocycles. The van der Waals surface area contributed by atoms with E-state index in [1.165, 1.54) is 11.3 Å². The Labute approximate surface area is 102 Å². The summed E-state index contributed by atoms with van der Waals surface area (Å²) in [5.41, 5.74) is 0.723. The van der Waals surface area contributed by atoms with Crippen LogP contribution in [-0.4, -0.2) is 17.6 Å². The number of hydrogen-bond acceptors (Lipinski definition) is 3. The van der Waals surface area contributed by atoms with Gasteiger partial charge in [-0.15, -0.1) is 0 Å². The van der Waals surface area contributed by atoms with E-state index in [1.807, 2.05) is 19.1 Å². The van der Waals surface area contributed by atoms with E-state index < -0.39 is 0 Å². The van der Waals surface area contributed by atoms with Crippen LogP contribution in [0.5, 0.6) is 0 Å². The van der Waals surface area contributed by atoms with E-state index in [-0.39, 0.29) is 6.03 Å². The highest BCUT2D eigenvalue weighted by atomic mass is 35.5. The average molecular weight is 256 g/mol. The second kappa shape index (κ2) is 4.67. The number of fused-ring (bicyclic) bond motifs is 1. The molecule has 0 spiro atoms. The average Bonchev–Trinajstić information content (AvgIpc) is 2.62. The molecule has 0 bridgehead atoms. The molecule has 16 heavy (non-hydrogen) atoms. The molecule has 0 radical (unpaired) electrons. The van der Waals surface area contributed by atoms with E-state index in [0.29, 0.717) is 16.7 Å². The van der Waals surface area contributed by atoms with Crippen molar-refractivity contribution in [1.82, 2.24) is 10.3 Å². The number of thiazole rings is 1. The van der Waals surface area contributed by atoms with Crippen molar-refractivity contribution >= 4 is 44.3 Å². The van der Waals surface area contributed by atoms with Crippen molar-refractivity contribution in [2.45, 2.75) is 6.92 Å². The van der Waals surface area contributed by atoms with Gasteiger partial charge in [0.05, 0.1) is 9.72 Å². The fourth-order valence-corrected chi connectivity index (χ4v) is 2.43. The zero-order valence-corrected chi connectivity index (χ0v) is 10.2. The molecular weight excluding hydrogens is 246 g/mol. The predicted octanol–water partition coefficient (Wildman–Crippen LogP) is 3.09. The highest BCUT2D eigenvalue weighted by Gasteiger charge is 2.08. The summed E-state index contributed by atoms with van der Waals surface area (Å²) in [7, 11) is 0. The van der Waals surface area contributed by atoms with Crippen molar-refractivity contribution < 1.29 is 4.79 Å². The molecule has 1 heterocycles. The first kappa shape index (κ1) is 11.2. The quantitative estimate of drug-likeness (QED) is 0.866. The second-order valence-corrected chi connectivity index (χ2v) is 4.53. The molecule has 1 aromatic heterocycles. The topological polar surface area (TPSA) is 54.0 Å². The van der Waals surface area contributed by atoms with Crippen LogP contribution >= 0.6 is 22.9 Å². The molecule has 2 N–H and O–H groups in total. The van der Waals surface area contributed by atoms with Crippen LogP contribution in [0.1, 0.15) is 6.92 Å². The van der Waals surface area contributed by atoms with Crippen LogP contribution in [-0.2, 0) is 0 Å². The number of benzene rings is 1. The number of amides is 2. The molecule has 6 heteroatoms. The van der Waals surface area contributed by atoms with Gasteiger partial charge in [-0.2, -0.15) is 0 Å². The van der Waals surface area contributed by atoms with Crippen LogP contribution in [0.3, 0.4) is 0 Å². The number of para-hydroxylation sites is 1. The number of anilines is 1. The Hall–Kier alpha value is -1.33. The maximum absolute atomic E-state index is 11.3. The number of carbonyl (C=O) groups is 1. The number of halogens is 1. The third kappa shape index (κ3) is 2.25. The van der Waals surface area contributed by atoms with E-state index >= 15 is 0 Å². The molecule has 0 aliphatic rings. The summed E-state index contributed by atoms with van der Waals surface area (Å²) >= 11 is 7.38. The molecule has 0 atom stereocenters. The van der Waals surface area contributed by atoms with Crippen molar-refractivity contribution in [2.75, 3.05) is 11.9 Å². The van der Waals surface area contributed by atoms with Gasteiger partial charge in [-0.05, 0) is 19.1 Å². The molecule has 0 saturated heterocycles. The number of carbonyl (C=O) groups excluding carboxylic acids is 1. The Morgan fingerprint density at radius 2 is 2.38 bits per heavy atom. The molecule has 0 fully saturated rings. The van der Waals surface area contributed by atoms with Gasteiger partial charge in [0.2, 0.25) is 0 Å². The van der Waals surface area contributed by atoms with Crippen molar-refractivity contribution in [1.29, 1.82) is 0 Å². The van der Waals surface area contributed by atoms with Gasteiger partial charge in [-0.25, -0.2) is 9.78 Å². The van der Waals surface area contributed by atoms with Gasteiger partial charge in [-0.3, -0.25) is 5.32 Å². The van der Waals surface area contributed by atoms with Crippen molar-refractivity contribution in [3.05, 3.63) is 23.2 Å². The zero-order chi connectivity index (χ0) is 11.5. The summed E-state index contributed by atoms with van der Waals surface area (Å²) in [6.07, 6.45) is 0. The van der Waals surface area contributed by atoms with Gasteiger partial charge < -0.3 is 5.32 Å². The Balaban J connectivity index is 2.26. The molecule has 4 nitrogen and oxygen atoms in total. The van der Waals surface area contributed by atoms with Crippen molar-refractivity contribution in [3.63, 3.8) is 0 Å². The number of aromatic nitrogens is 1. The van der Waals surface area contributed by atoms with Crippen LogP contribution in [0.15, 0.2) is 18.2 Å². The smallest absolute Gasteiger partial charge is 0.321 e. The van der Waals surface area contributed by atoms with Crippen LogP contribution < -0.4 is 10.6 Å². The maximum Gasteiger partial charge on any atom is 0.321 e. The van der Waals surface area contributed by atoms with Crippen LogP contribution in [0.4, 0.5) is 9.93 Å². The molecule has 1 aromatic carbocycles. The van der Waals surface area contributed by atoms with Gasteiger partial charge >= 0.3 is 6.03 Å². The van der Waals surface area contributed by atoms with Gasteiger partial charge in [-0.1, -0.05) is 29.0 Å². The van der Waals surface area contributed by atoms with Gasteiger partial charge in [0.25, 0.3) is 0 Å². The van der Waals surface area contributed by atoms with Crippen LogP contribution in [0.2, 0.25) is 5.02 Å². The monoisotopic (exact) mass is 255 g/mol. The molecule has 2 amide bonds. The lowest BCUT2D eigenvalue weighted by atomic mass is 10.3. The standard InChI is InChI=1S/C10H10ClN3OS/c1-2-12-9(15)14-10-13-8-6(11)4-3-5-7(8)16-10/h3-5H,2H2,1H3,(H2,12,13,14,15). The Kier molecular flexibility index (Phi) is 3.26. The summed E-state index contributed by atoms with van der Waals surface area (Å²) in [4.78, 5) is 15.5. The third-order valence-electron chi connectivity index (χ3n) is 1.93. The first-order valence-electron chi connectivity index (χ1n) is 4.80. The number of nitrogens with zero attached hydrogens (tertiary/aromatic N) is 1. The van der Waals surface area contributed by atoms with E-state index in [1.54, 1.807) is 6.07 Å². The Morgan fingerprint density at radius 1 is 1.56 bits per heavy atom. The Morgan fingerprint density at radius 3 is 3.06 bits per heavy atom. The Bertz CT molecular complexity index is 526. The maximum atomic E-state index is 11.3. The number of nitrogens with one attached hydrogen (secondary N) is 2. The van der Waals surface area contributed by atoms with Crippen LogP contribution in [0.25, 0.3) is 10.2 Å². The fourth-order valence-electron chi connectivity index (χ4n) is 1.27. The van der Waals surface area contributed by atoms with Gasteiger partial charge in [0.15, 0.2) is 5.13 Å². The summed E-state index contributed by atoms with van der Waals surface area (Å²) < 4.78 is 0.958. The molecular formula is C10H10ClN3OS. The minimum atomic E-state index is -0.252. The summed E-state index contributed by atoms with van der Waals surface area (Å²) in [6, 6.07) is 5.30. The molecule has 0 unspecified atom stereocenters. The number of rotatable bonds is 2. The molecule has 84 valence electrons. The van der Waals surface area contributed by atoms with Gasteiger partial charge in [0, 0.05) is 6.54 Å². The molecule has 2 rings (SSSR count). The van der Waals surface area contributed by atoms with Crippen molar-refractivity contribution in [3.8, 4) is 0 Å². The number of urea groups is 1. The normalized spacial score (nSPS) is 10.4. The largest absolute Gasteiger partial charge is 0.338 e. The fraction of sp³-hybridized carbons (Fsp3) is 0.200. The highest BCUT2D eigenvalue weighted by molar-refractivity contribution is 7.22. The first-order chi connectivity index (χ1) is 7.70. The predicted molar refractivity (Wildman–Crippen MR) is 67.3 cm³/mol. The van der Waals surface area contributed by atoms with E-state index in [2.05, 4.69) is 15.6 Å². The second-order valence-electron chi connectivity index (χ2n) is 3.09. The van der Waals surface area contributed by atoms with Crippen LogP contribution in [0, 0.1) is 0 Å². The number of hydrogen-bond donors (Lipinski definition) is 2. The SMILES string of the molecule is CCNC(=O)Nc1nc2c(Cl)cccc2s1. The van der Waals surface area contributed by atoms with Gasteiger partial charge in [0.1, 0.15) is 5.52 Å². The summed E-state index contributed by atoms with van der Waals surface area (Å²) in [5, 5.41) is 6.44. The molecule has 0 aliphatic carbocycles. The summed E-state index contributed by atoms with van der Waals surface area (Å²) in [5.74, 6) is 0. The highest BCUT2D eigenvalue weighted by Crippen LogP contribution is 2.30. The van der Waals surface area contributed by atoms with Crippen molar-refractivity contribution in [2.24, 2.45) is 0 Å².